The minimum absolute atomic E-state index is 0.0937. The first-order chi connectivity index (χ1) is 7.19. The van der Waals surface area contributed by atoms with Gasteiger partial charge in [-0.25, -0.2) is 0 Å². The highest BCUT2D eigenvalue weighted by molar-refractivity contribution is 4.99. The number of hydrogen-bond donors (Lipinski definition) is 2. The third kappa shape index (κ3) is 2.05. The third-order valence-corrected chi connectivity index (χ3v) is 4.45. The molecule has 0 heterocycles. The van der Waals surface area contributed by atoms with E-state index in [0.29, 0.717) is 19.1 Å². The van der Waals surface area contributed by atoms with E-state index in [1.54, 1.807) is 0 Å². The quantitative estimate of drug-likeness (QED) is 0.720. The molecule has 3 heteroatoms. The fraction of sp³-hybridized carbons (Fsp3) is 1.00. The van der Waals surface area contributed by atoms with Crippen LogP contribution in [0.4, 0.5) is 0 Å². The van der Waals surface area contributed by atoms with Crippen molar-refractivity contribution in [1.29, 1.82) is 0 Å². The van der Waals surface area contributed by atoms with Gasteiger partial charge in [0.05, 0.1) is 18.8 Å². The highest BCUT2D eigenvalue weighted by Crippen LogP contribution is 2.52. The minimum Gasteiger partial charge on any atom is -0.394 e. The normalized spacial score (nSPS) is 38.2. The van der Waals surface area contributed by atoms with Gasteiger partial charge >= 0.3 is 0 Å². The molecule has 2 fully saturated rings. The average Bonchev–Trinajstić information content (AvgIpc) is 2.87. The molecular formula is C12H23NO2. The van der Waals surface area contributed by atoms with Gasteiger partial charge < -0.3 is 15.6 Å². The van der Waals surface area contributed by atoms with Crippen LogP contribution >= 0.6 is 0 Å². The maximum atomic E-state index is 8.83. The lowest BCUT2D eigenvalue weighted by Crippen LogP contribution is -2.47. The van der Waals surface area contributed by atoms with Crippen molar-refractivity contribution in [2.24, 2.45) is 23.5 Å². The number of nitrogens with two attached hydrogens (primary N) is 1. The van der Waals surface area contributed by atoms with Crippen molar-refractivity contribution in [3.63, 3.8) is 0 Å². The van der Waals surface area contributed by atoms with Gasteiger partial charge in [0.15, 0.2) is 0 Å². The van der Waals surface area contributed by atoms with Gasteiger partial charge in [-0.05, 0) is 43.9 Å². The van der Waals surface area contributed by atoms with Crippen LogP contribution in [-0.4, -0.2) is 30.5 Å². The zero-order valence-corrected chi connectivity index (χ0v) is 9.61. The fourth-order valence-electron chi connectivity index (χ4n) is 3.59. The van der Waals surface area contributed by atoms with Crippen molar-refractivity contribution in [2.75, 3.05) is 19.8 Å². The molecule has 4 unspecified atom stereocenters. The van der Waals surface area contributed by atoms with Crippen molar-refractivity contribution in [2.45, 2.75) is 38.2 Å². The summed E-state index contributed by atoms with van der Waals surface area (Å²) in [6.07, 6.45) is 5.42. The molecule has 88 valence electrons. The molecule has 0 aromatic carbocycles. The maximum Gasteiger partial charge on any atom is 0.0808 e. The third-order valence-electron chi connectivity index (χ3n) is 4.45. The summed E-state index contributed by atoms with van der Waals surface area (Å²) in [5, 5.41) is 8.83. The van der Waals surface area contributed by atoms with Crippen LogP contribution in [0.1, 0.15) is 32.6 Å². The Morgan fingerprint density at radius 3 is 2.67 bits per heavy atom. The van der Waals surface area contributed by atoms with E-state index >= 15 is 0 Å². The van der Waals surface area contributed by atoms with Gasteiger partial charge in [-0.15, -0.1) is 0 Å². The maximum absolute atomic E-state index is 8.83. The Kier molecular flexibility index (Phi) is 3.33. The van der Waals surface area contributed by atoms with Crippen LogP contribution in [0.15, 0.2) is 0 Å². The Balaban J connectivity index is 1.99. The molecule has 0 saturated heterocycles. The molecule has 0 aliphatic heterocycles. The van der Waals surface area contributed by atoms with Gasteiger partial charge in [-0.2, -0.15) is 0 Å². The van der Waals surface area contributed by atoms with Crippen LogP contribution in [0.2, 0.25) is 0 Å². The lowest BCUT2D eigenvalue weighted by molar-refractivity contribution is -0.0911. The van der Waals surface area contributed by atoms with Crippen LogP contribution in [0.3, 0.4) is 0 Å². The lowest BCUT2D eigenvalue weighted by Gasteiger charge is -2.39. The Labute approximate surface area is 92.0 Å². The van der Waals surface area contributed by atoms with Crippen LogP contribution in [0, 0.1) is 17.8 Å². The van der Waals surface area contributed by atoms with Gasteiger partial charge in [0.1, 0.15) is 0 Å². The van der Waals surface area contributed by atoms with Crippen molar-refractivity contribution < 1.29 is 9.84 Å². The second-order valence-corrected chi connectivity index (χ2v) is 5.37. The van der Waals surface area contributed by atoms with E-state index in [1.165, 1.54) is 25.7 Å². The molecule has 0 amide bonds. The fourth-order valence-corrected chi connectivity index (χ4v) is 3.59. The Morgan fingerprint density at radius 1 is 1.40 bits per heavy atom. The molecule has 2 aliphatic rings. The van der Waals surface area contributed by atoms with E-state index in [0.717, 1.165) is 11.8 Å². The van der Waals surface area contributed by atoms with Crippen LogP contribution in [0.25, 0.3) is 0 Å². The second kappa shape index (κ2) is 4.40. The van der Waals surface area contributed by atoms with Gasteiger partial charge in [0.25, 0.3) is 0 Å². The first-order valence-corrected chi connectivity index (χ1v) is 6.14. The van der Waals surface area contributed by atoms with E-state index in [9.17, 15) is 0 Å². The number of rotatable bonds is 5. The largest absolute Gasteiger partial charge is 0.394 e. The molecule has 3 nitrogen and oxygen atoms in total. The van der Waals surface area contributed by atoms with Crippen molar-refractivity contribution in [3.05, 3.63) is 0 Å². The Bertz CT molecular complexity index is 222. The van der Waals surface area contributed by atoms with E-state index in [1.807, 2.05) is 0 Å². The summed E-state index contributed by atoms with van der Waals surface area (Å²) in [6, 6.07) is 0. The first-order valence-electron chi connectivity index (χ1n) is 6.14. The second-order valence-electron chi connectivity index (χ2n) is 5.37. The van der Waals surface area contributed by atoms with Crippen LogP contribution in [0.5, 0.6) is 0 Å². The standard InChI is InChI=1S/C12H23NO2/c1-12(8-13,15-5-4-14)11-7-9-2-3-10(11)6-9/h9-11,14H,2-8,13H2,1H3. The van der Waals surface area contributed by atoms with Gasteiger partial charge in [0, 0.05) is 6.54 Å². The zero-order chi connectivity index (χ0) is 10.9. The highest BCUT2D eigenvalue weighted by atomic mass is 16.5. The molecule has 2 rings (SSSR count). The Hall–Kier alpha value is -0.120. The molecule has 3 N–H and O–H groups in total. The predicted molar refractivity (Wildman–Crippen MR) is 59.4 cm³/mol. The van der Waals surface area contributed by atoms with Gasteiger partial charge in [-0.1, -0.05) is 6.42 Å². The number of ether oxygens (including phenoxy) is 1. The van der Waals surface area contributed by atoms with E-state index in [-0.39, 0.29) is 12.2 Å². The first kappa shape index (κ1) is 11.4. The number of hydrogen-bond acceptors (Lipinski definition) is 3. The summed E-state index contributed by atoms with van der Waals surface area (Å²) in [6.45, 7) is 3.20. The van der Waals surface area contributed by atoms with E-state index < -0.39 is 0 Å². The summed E-state index contributed by atoms with van der Waals surface area (Å²) in [5.74, 6) is 2.36. The molecule has 0 aromatic heterocycles. The summed E-state index contributed by atoms with van der Waals surface area (Å²) >= 11 is 0. The van der Waals surface area contributed by atoms with Crippen molar-refractivity contribution in [1.82, 2.24) is 0 Å². The van der Waals surface area contributed by atoms with E-state index in [2.05, 4.69) is 6.92 Å². The smallest absolute Gasteiger partial charge is 0.0808 e. The summed E-state index contributed by atoms with van der Waals surface area (Å²) in [5.41, 5.74) is 5.65. The minimum atomic E-state index is -0.206. The molecule has 2 saturated carbocycles. The average molecular weight is 213 g/mol. The summed E-state index contributed by atoms with van der Waals surface area (Å²) in [7, 11) is 0. The topological polar surface area (TPSA) is 55.5 Å². The molecule has 4 atom stereocenters. The number of aliphatic hydroxyl groups excluding tert-OH is 1. The molecule has 2 bridgehead atoms. The zero-order valence-electron chi connectivity index (χ0n) is 9.61. The van der Waals surface area contributed by atoms with E-state index in [4.69, 9.17) is 15.6 Å². The number of fused-ring (bicyclic) bond motifs is 2. The molecular weight excluding hydrogens is 190 g/mol. The van der Waals surface area contributed by atoms with Crippen LogP contribution < -0.4 is 5.73 Å². The summed E-state index contributed by atoms with van der Waals surface area (Å²) < 4.78 is 5.79. The van der Waals surface area contributed by atoms with Gasteiger partial charge in [0.2, 0.25) is 0 Å². The highest BCUT2D eigenvalue weighted by Gasteiger charge is 2.48. The van der Waals surface area contributed by atoms with Gasteiger partial charge in [-0.3, -0.25) is 0 Å². The molecule has 0 radical (unpaired) electrons. The van der Waals surface area contributed by atoms with Crippen molar-refractivity contribution in [3.8, 4) is 0 Å². The molecule has 15 heavy (non-hydrogen) atoms. The molecule has 0 aromatic rings. The Morgan fingerprint density at radius 2 is 2.20 bits per heavy atom. The lowest BCUT2D eigenvalue weighted by atomic mass is 9.77. The number of aliphatic hydroxyl groups is 1. The SMILES string of the molecule is CC(CN)(OCCO)C1CC2CCC1C2. The van der Waals surface area contributed by atoms with Crippen LogP contribution in [-0.2, 0) is 4.74 Å². The molecule has 2 aliphatic carbocycles. The van der Waals surface area contributed by atoms with Crippen molar-refractivity contribution >= 4 is 0 Å². The predicted octanol–water partition coefficient (Wildman–Crippen LogP) is 1.15. The summed E-state index contributed by atoms with van der Waals surface area (Å²) in [4.78, 5) is 0. The monoisotopic (exact) mass is 213 g/mol. The molecule has 0 spiro atoms.